The van der Waals surface area contributed by atoms with Crippen LogP contribution in [0.5, 0.6) is 11.5 Å². The van der Waals surface area contributed by atoms with E-state index in [1.165, 1.54) is 26.0 Å². The second-order valence-corrected chi connectivity index (χ2v) is 6.24. The molecule has 1 aromatic carbocycles. The highest BCUT2D eigenvalue weighted by atomic mass is 16.8. The van der Waals surface area contributed by atoms with E-state index < -0.39 is 23.9 Å². The Balaban J connectivity index is 1.96. The molecule has 0 unspecified atom stereocenters. The molecule has 0 spiro atoms. The first-order valence-electron chi connectivity index (χ1n) is 8.90. The van der Waals surface area contributed by atoms with Gasteiger partial charge < -0.3 is 19.0 Å². The molecule has 0 bridgehead atoms. The van der Waals surface area contributed by atoms with E-state index in [-0.39, 0.29) is 43.3 Å². The number of imide groups is 1. The normalized spacial score (nSPS) is 13.2. The summed E-state index contributed by atoms with van der Waals surface area (Å²) in [4.78, 5) is 61.4. The minimum absolute atomic E-state index is 0.0198. The summed E-state index contributed by atoms with van der Waals surface area (Å²) in [7, 11) is 0. The summed E-state index contributed by atoms with van der Waals surface area (Å²) >= 11 is 0. The first-order chi connectivity index (χ1) is 13.8. The summed E-state index contributed by atoms with van der Waals surface area (Å²) in [5, 5.41) is 0.385. The SMILES string of the molecule is CC(=O)CCCOc1cc(COC(=O)ON2C(=O)CCC2=O)ccc1OC(C)=O. The number of hydrogen-bond donors (Lipinski definition) is 0. The summed E-state index contributed by atoms with van der Waals surface area (Å²) in [6.07, 6.45) is -0.408. The predicted octanol–water partition coefficient (Wildman–Crippen LogP) is 2.08. The Kier molecular flexibility index (Phi) is 7.70. The molecular weight excluding hydrogens is 386 g/mol. The molecule has 1 saturated heterocycles. The molecule has 2 amide bonds. The van der Waals surface area contributed by atoms with Gasteiger partial charge in [0, 0.05) is 26.2 Å². The quantitative estimate of drug-likeness (QED) is 0.262. The average Bonchev–Trinajstić information content (AvgIpc) is 2.96. The largest absolute Gasteiger partial charge is 0.534 e. The second kappa shape index (κ2) is 10.2. The molecule has 0 aromatic heterocycles. The van der Waals surface area contributed by atoms with Crippen molar-refractivity contribution in [2.75, 3.05) is 6.61 Å². The lowest BCUT2D eigenvalue weighted by Crippen LogP contribution is -2.32. The van der Waals surface area contributed by atoms with Crippen LogP contribution < -0.4 is 9.47 Å². The number of hydrogen-bond acceptors (Lipinski definition) is 9. The second-order valence-electron chi connectivity index (χ2n) is 6.24. The van der Waals surface area contributed by atoms with Crippen LogP contribution in [0.25, 0.3) is 0 Å². The van der Waals surface area contributed by atoms with Crippen LogP contribution in [-0.4, -0.2) is 41.4 Å². The van der Waals surface area contributed by atoms with E-state index in [0.717, 1.165) is 0 Å². The smallest absolute Gasteiger partial charge is 0.490 e. The summed E-state index contributed by atoms with van der Waals surface area (Å²) in [5.74, 6) is -1.31. The highest BCUT2D eigenvalue weighted by Crippen LogP contribution is 2.29. The summed E-state index contributed by atoms with van der Waals surface area (Å²) < 4.78 is 15.5. The van der Waals surface area contributed by atoms with Crippen molar-refractivity contribution in [2.24, 2.45) is 0 Å². The third kappa shape index (κ3) is 6.91. The van der Waals surface area contributed by atoms with Gasteiger partial charge in [-0.2, -0.15) is 0 Å². The van der Waals surface area contributed by atoms with Crippen LogP contribution >= 0.6 is 0 Å². The Morgan fingerprint density at radius 1 is 1.03 bits per heavy atom. The lowest BCUT2D eigenvalue weighted by molar-refractivity contribution is -0.177. The molecule has 1 fully saturated rings. The number of amides is 2. The molecule has 1 heterocycles. The molecule has 1 aliphatic heterocycles. The fraction of sp³-hybridized carbons (Fsp3) is 0.421. The summed E-state index contributed by atoms with van der Waals surface area (Å²) in [6.45, 7) is 2.71. The van der Waals surface area contributed by atoms with Crippen LogP contribution in [0.3, 0.4) is 0 Å². The van der Waals surface area contributed by atoms with Crippen molar-refractivity contribution in [3.05, 3.63) is 23.8 Å². The number of carbonyl (C=O) groups excluding carboxylic acids is 5. The van der Waals surface area contributed by atoms with Gasteiger partial charge in [0.2, 0.25) is 0 Å². The van der Waals surface area contributed by atoms with Gasteiger partial charge >= 0.3 is 12.1 Å². The molecule has 10 heteroatoms. The van der Waals surface area contributed by atoms with Crippen molar-refractivity contribution in [2.45, 2.75) is 46.1 Å². The Morgan fingerprint density at radius 3 is 2.34 bits per heavy atom. The fourth-order valence-electron chi connectivity index (χ4n) is 2.40. The molecule has 156 valence electrons. The maximum absolute atomic E-state index is 11.7. The van der Waals surface area contributed by atoms with Crippen LogP contribution in [0.1, 0.15) is 45.1 Å². The Labute approximate surface area is 166 Å². The van der Waals surface area contributed by atoms with Gasteiger partial charge in [0.25, 0.3) is 11.8 Å². The molecule has 2 rings (SSSR count). The van der Waals surface area contributed by atoms with E-state index in [4.69, 9.17) is 14.2 Å². The molecule has 0 N–H and O–H groups in total. The van der Waals surface area contributed by atoms with Gasteiger partial charge in [0.15, 0.2) is 11.5 Å². The number of esters is 1. The molecule has 29 heavy (non-hydrogen) atoms. The number of carbonyl (C=O) groups is 5. The third-order valence-corrected chi connectivity index (χ3v) is 3.72. The summed E-state index contributed by atoms with van der Waals surface area (Å²) in [6, 6.07) is 4.52. The minimum Gasteiger partial charge on any atom is -0.490 e. The Morgan fingerprint density at radius 2 is 1.72 bits per heavy atom. The highest BCUT2D eigenvalue weighted by Gasteiger charge is 2.33. The van der Waals surface area contributed by atoms with E-state index in [0.29, 0.717) is 23.5 Å². The minimum atomic E-state index is -1.21. The van der Waals surface area contributed by atoms with Crippen LogP contribution in [0.4, 0.5) is 4.79 Å². The van der Waals surface area contributed by atoms with Crippen molar-refractivity contribution in [3.8, 4) is 11.5 Å². The lowest BCUT2D eigenvalue weighted by Gasteiger charge is -2.14. The summed E-state index contributed by atoms with van der Waals surface area (Å²) in [5.41, 5.74) is 0.485. The molecule has 1 aliphatic rings. The number of Topliss-reactive ketones (excluding diaryl/α,β-unsaturated/α-hetero) is 1. The first kappa shape index (κ1) is 21.9. The van der Waals surface area contributed by atoms with Gasteiger partial charge in [0.05, 0.1) is 6.61 Å². The zero-order chi connectivity index (χ0) is 21.4. The van der Waals surface area contributed by atoms with Gasteiger partial charge in [-0.25, -0.2) is 4.79 Å². The van der Waals surface area contributed by atoms with Crippen molar-refractivity contribution >= 4 is 29.7 Å². The standard InChI is InChI=1S/C19H21NO9/c1-12(21)4-3-9-26-16-10-14(5-6-15(16)28-13(2)22)11-27-19(25)29-20-17(23)7-8-18(20)24/h5-6,10H,3-4,7-9,11H2,1-2H3. The van der Waals surface area contributed by atoms with Crippen molar-refractivity contribution < 1.29 is 43.0 Å². The maximum Gasteiger partial charge on any atom is 0.534 e. The van der Waals surface area contributed by atoms with Gasteiger partial charge in [0.1, 0.15) is 12.4 Å². The molecule has 0 atom stereocenters. The molecule has 0 saturated carbocycles. The topological polar surface area (TPSA) is 126 Å². The van der Waals surface area contributed by atoms with E-state index in [1.807, 2.05) is 0 Å². The van der Waals surface area contributed by atoms with Crippen molar-refractivity contribution in [1.29, 1.82) is 0 Å². The van der Waals surface area contributed by atoms with Gasteiger partial charge in [-0.05, 0) is 31.0 Å². The van der Waals surface area contributed by atoms with Gasteiger partial charge in [-0.15, -0.1) is 0 Å². The number of rotatable bonds is 9. The van der Waals surface area contributed by atoms with E-state index in [9.17, 15) is 24.0 Å². The van der Waals surface area contributed by atoms with Crippen LogP contribution in [0.15, 0.2) is 18.2 Å². The fourth-order valence-corrected chi connectivity index (χ4v) is 2.40. The third-order valence-electron chi connectivity index (χ3n) is 3.72. The first-order valence-corrected chi connectivity index (χ1v) is 8.90. The van der Waals surface area contributed by atoms with Crippen molar-refractivity contribution in [1.82, 2.24) is 5.06 Å². The Bertz CT molecular complexity index is 802. The predicted molar refractivity (Wildman–Crippen MR) is 95.5 cm³/mol. The Hall–Kier alpha value is -3.43. The zero-order valence-corrected chi connectivity index (χ0v) is 16.1. The highest BCUT2D eigenvalue weighted by molar-refractivity contribution is 6.01. The molecule has 0 radical (unpaired) electrons. The number of hydroxylamine groups is 2. The van der Waals surface area contributed by atoms with Crippen molar-refractivity contribution in [3.63, 3.8) is 0 Å². The molecular formula is C19H21NO9. The molecule has 0 aliphatic carbocycles. The van der Waals surface area contributed by atoms with Crippen LogP contribution in [0.2, 0.25) is 0 Å². The van der Waals surface area contributed by atoms with E-state index in [2.05, 4.69) is 4.84 Å². The van der Waals surface area contributed by atoms with E-state index in [1.54, 1.807) is 6.07 Å². The van der Waals surface area contributed by atoms with Crippen LogP contribution in [-0.2, 0) is 35.4 Å². The maximum atomic E-state index is 11.7. The number of ether oxygens (including phenoxy) is 3. The van der Waals surface area contributed by atoms with E-state index >= 15 is 0 Å². The van der Waals surface area contributed by atoms with Crippen LogP contribution in [0, 0.1) is 0 Å². The zero-order valence-electron chi connectivity index (χ0n) is 16.1. The lowest BCUT2D eigenvalue weighted by atomic mass is 10.2. The van der Waals surface area contributed by atoms with Gasteiger partial charge in [-0.1, -0.05) is 11.1 Å². The number of ketones is 1. The molecule has 1 aromatic rings. The monoisotopic (exact) mass is 407 g/mol. The molecule has 10 nitrogen and oxygen atoms in total. The van der Waals surface area contributed by atoms with Gasteiger partial charge in [-0.3, -0.25) is 19.2 Å². The average molecular weight is 407 g/mol. The number of nitrogens with zero attached hydrogens (tertiary/aromatic N) is 1. The number of benzene rings is 1.